The first-order chi connectivity index (χ1) is 11.1. The first kappa shape index (κ1) is 19.0. The molecular weight excluding hydrogens is 350 g/mol. The van der Waals surface area contributed by atoms with Crippen LogP contribution in [0, 0.1) is 13.8 Å². The minimum absolute atomic E-state index is 0.160. The van der Waals surface area contributed by atoms with Gasteiger partial charge in [-0.25, -0.2) is 16.8 Å². The summed E-state index contributed by atoms with van der Waals surface area (Å²) in [4.78, 5) is 0.160. The molecule has 1 aromatic rings. The molecule has 2 rings (SSSR count). The summed E-state index contributed by atoms with van der Waals surface area (Å²) in [5.74, 6) is 0.0555. The Labute approximate surface area is 143 Å². The lowest BCUT2D eigenvalue weighted by Gasteiger charge is -2.21. The highest BCUT2D eigenvalue weighted by Crippen LogP contribution is 2.31. The van der Waals surface area contributed by atoms with Crippen LogP contribution in [0.1, 0.15) is 11.1 Å². The van der Waals surface area contributed by atoms with Crippen molar-refractivity contribution < 1.29 is 21.6 Å². The molecule has 1 heterocycles. The molecule has 2 atom stereocenters. The van der Waals surface area contributed by atoms with E-state index in [4.69, 9.17) is 4.74 Å². The second kappa shape index (κ2) is 6.85. The van der Waals surface area contributed by atoms with Gasteiger partial charge in [0.05, 0.1) is 28.8 Å². The van der Waals surface area contributed by atoms with Gasteiger partial charge in [-0.2, -0.15) is 0 Å². The molecule has 1 aliphatic heterocycles. The summed E-state index contributed by atoms with van der Waals surface area (Å²) in [6.07, 6.45) is 1.58. The zero-order valence-electron chi connectivity index (χ0n) is 14.1. The molecule has 1 saturated heterocycles. The number of hydrogen-bond donors (Lipinski definition) is 1. The summed E-state index contributed by atoms with van der Waals surface area (Å²) in [6, 6.07) is 2.58. The van der Waals surface area contributed by atoms with Crippen LogP contribution in [-0.4, -0.2) is 53.3 Å². The van der Waals surface area contributed by atoms with Crippen LogP contribution in [0.3, 0.4) is 0 Å². The first-order valence-electron chi connectivity index (χ1n) is 7.56. The third kappa shape index (κ3) is 3.65. The van der Waals surface area contributed by atoms with Crippen molar-refractivity contribution in [3.8, 4) is 5.75 Å². The Morgan fingerprint density at radius 1 is 1.29 bits per heavy atom. The average Bonchev–Trinajstić information content (AvgIpc) is 2.82. The van der Waals surface area contributed by atoms with Gasteiger partial charge in [0.15, 0.2) is 19.7 Å². The fourth-order valence-electron chi connectivity index (χ4n) is 3.00. The van der Waals surface area contributed by atoms with Crippen LogP contribution in [0.25, 0.3) is 0 Å². The molecule has 0 bridgehead atoms. The highest BCUT2D eigenvalue weighted by molar-refractivity contribution is 7.96. The number of nitrogens with one attached hydrogen (secondary N) is 1. The monoisotopic (exact) mass is 373 g/mol. The molecular formula is C16H23NO5S2. The maximum Gasteiger partial charge on any atom is 0.184 e. The molecule has 6 nitrogen and oxygen atoms in total. The van der Waals surface area contributed by atoms with E-state index >= 15 is 0 Å². The van der Waals surface area contributed by atoms with Gasteiger partial charge >= 0.3 is 0 Å². The van der Waals surface area contributed by atoms with Gasteiger partial charge in [-0.15, -0.1) is 6.58 Å². The van der Waals surface area contributed by atoms with E-state index in [1.54, 1.807) is 32.1 Å². The molecule has 24 heavy (non-hydrogen) atoms. The van der Waals surface area contributed by atoms with E-state index in [1.807, 2.05) is 0 Å². The SMILES string of the molecule is C=CCNC1CS(=O)(=O)CC1S(=O)(=O)c1cc(C)c(OC)cc1C. The van der Waals surface area contributed by atoms with Crippen molar-refractivity contribution in [1.82, 2.24) is 5.32 Å². The number of rotatable bonds is 6. The van der Waals surface area contributed by atoms with Gasteiger partial charge in [0, 0.05) is 12.6 Å². The van der Waals surface area contributed by atoms with Crippen LogP contribution in [-0.2, 0) is 19.7 Å². The molecule has 1 N–H and O–H groups in total. The Bertz CT molecular complexity index is 843. The van der Waals surface area contributed by atoms with Gasteiger partial charge < -0.3 is 10.1 Å². The van der Waals surface area contributed by atoms with Gasteiger partial charge in [0.25, 0.3) is 0 Å². The minimum Gasteiger partial charge on any atom is -0.496 e. The molecule has 8 heteroatoms. The van der Waals surface area contributed by atoms with Gasteiger partial charge in [-0.05, 0) is 37.1 Å². The summed E-state index contributed by atoms with van der Waals surface area (Å²) >= 11 is 0. The summed E-state index contributed by atoms with van der Waals surface area (Å²) in [7, 11) is -5.68. The van der Waals surface area contributed by atoms with Crippen LogP contribution >= 0.6 is 0 Å². The predicted octanol–water partition coefficient (Wildman–Crippen LogP) is 1.03. The smallest absolute Gasteiger partial charge is 0.184 e. The van der Waals surface area contributed by atoms with Crippen LogP contribution in [0.15, 0.2) is 29.7 Å². The summed E-state index contributed by atoms with van der Waals surface area (Å²) in [6.45, 7) is 7.37. The zero-order chi connectivity index (χ0) is 18.1. The fourth-order valence-corrected chi connectivity index (χ4v) is 8.03. The second-order valence-corrected chi connectivity index (χ2v) is 10.3. The largest absolute Gasteiger partial charge is 0.496 e. The maximum atomic E-state index is 13.1. The number of ether oxygens (including phenoxy) is 1. The summed E-state index contributed by atoms with van der Waals surface area (Å²) in [5, 5.41) is 1.96. The fraction of sp³-hybridized carbons (Fsp3) is 0.500. The van der Waals surface area contributed by atoms with Gasteiger partial charge in [-0.3, -0.25) is 0 Å². The lowest BCUT2D eigenvalue weighted by Crippen LogP contribution is -2.43. The van der Waals surface area contributed by atoms with E-state index in [9.17, 15) is 16.8 Å². The minimum atomic E-state index is -3.80. The molecule has 1 aliphatic rings. The predicted molar refractivity (Wildman–Crippen MR) is 94.1 cm³/mol. The molecule has 0 aromatic heterocycles. The molecule has 0 radical (unpaired) electrons. The van der Waals surface area contributed by atoms with Crippen molar-refractivity contribution in [3.63, 3.8) is 0 Å². The number of hydrogen-bond acceptors (Lipinski definition) is 6. The molecule has 0 spiro atoms. The van der Waals surface area contributed by atoms with Crippen molar-refractivity contribution in [2.45, 2.75) is 30.0 Å². The normalized spacial score (nSPS) is 23.1. The van der Waals surface area contributed by atoms with E-state index in [-0.39, 0.29) is 16.4 Å². The Kier molecular flexibility index (Phi) is 5.41. The summed E-state index contributed by atoms with van der Waals surface area (Å²) < 4.78 is 55.4. The molecule has 0 saturated carbocycles. The molecule has 0 amide bonds. The number of aryl methyl sites for hydroxylation is 2. The van der Waals surface area contributed by atoms with E-state index in [0.29, 0.717) is 23.4 Å². The molecule has 1 fully saturated rings. The summed E-state index contributed by atoms with van der Waals surface area (Å²) in [5.41, 5.74) is 1.24. The molecule has 1 aromatic carbocycles. The average molecular weight is 373 g/mol. The number of methoxy groups -OCH3 is 1. The van der Waals surface area contributed by atoms with Gasteiger partial charge in [0.1, 0.15) is 5.75 Å². The lowest BCUT2D eigenvalue weighted by molar-refractivity contribution is 0.411. The van der Waals surface area contributed by atoms with Crippen molar-refractivity contribution >= 4 is 19.7 Å². The lowest BCUT2D eigenvalue weighted by atomic mass is 10.1. The Hall–Kier alpha value is -1.38. The van der Waals surface area contributed by atoms with Gasteiger partial charge in [0.2, 0.25) is 0 Å². The molecule has 134 valence electrons. The Morgan fingerprint density at radius 2 is 1.96 bits per heavy atom. The van der Waals surface area contributed by atoms with Crippen molar-refractivity contribution in [1.29, 1.82) is 0 Å². The van der Waals surface area contributed by atoms with E-state index in [2.05, 4.69) is 11.9 Å². The highest BCUT2D eigenvalue weighted by atomic mass is 32.2. The Morgan fingerprint density at radius 3 is 2.54 bits per heavy atom. The van der Waals surface area contributed by atoms with Crippen molar-refractivity contribution in [2.24, 2.45) is 0 Å². The number of sulfone groups is 2. The quantitative estimate of drug-likeness (QED) is 0.749. The van der Waals surface area contributed by atoms with Crippen LogP contribution in [0.2, 0.25) is 0 Å². The molecule has 2 unspecified atom stereocenters. The highest BCUT2D eigenvalue weighted by Gasteiger charge is 2.46. The van der Waals surface area contributed by atoms with E-state index < -0.39 is 31.0 Å². The van der Waals surface area contributed by atoms with E-state index in [1.165, 1.54) is 7.11 Å². The molecule has 0 aliphatic carbocycles. The van der Waals surface area contributed by atoms with Crippen LogP contribution < -0.4 is 10.1 Å². The van der Waals surface area contributed by atoms with Crippen molar-refractivity contribution in [3.05, 3.63) is 35.9 Å². The Balaban J connectivity index is 2.49. The second-order valence-electron chi connectivity index (χ2n) is 6.05. The van der Waals surface area contributed by atoms with Crippen LogP contribution in [0.5, 0.6) is 5.75 Å². The van der Waals surface area contributed by atoms with Crippen molar-refractivity contribution in [2.75, 3.05) is 25.2 Å². The van der Waals surface area contributed by atoms with Gasteiger partial charge in [-0.1, -0.05) is 6.08 Å². The van der Waals surface area contributed by atoms with E-state index in [0.717, 1.165) is 0 Å². The third-order valence-corrected chi connectivity index (χ3v) is 8.51. The number of benzene rings is 1. The topological polar surface area (TPSA) is 89.5 Å². The first-order valence-corrected chi connectivity index (χ1v) is 10.9. The zero-order valence-corrected chi connectivity index (χ0v) is 15.7. The maximum absolute atomic E-state index is 13.1. The van der Waals surface area contributed by atoms with Crippen LogP contribution in [0.4, 0.5) is 0 Å². The third-order valence-electron chi connectivity index (χ3n) is 4.22. The standard InChI is InChI=1S/C16H23NO5S2/c1-5-6-17-13-9-23(18,19)10-16(13)24(20,21)15-8-11(2)14(22-4)7-12(15)3/h5,7-8,13,16-17H,1,6,9-10H2,2-4H3.